The third-order valence-electron chi connectivity index (χ3n) is 1.09. The van der Waals surface area contributed by atoms with Crippen molar-refractivity contribution in [1.29, 1.82) is 0 Å². The summed E-state index contributed by atoms with van der Waals surface area (Å²) in [6, 6.07) is 7.89. The van der Waals surface area contributed by atoms with E-state index >= 15 is 0 Å². The summed E-state index contributed by atoms with van der Waals surface area (Å²) in [5, 5.41) is 8.99. The number of phenolic OH excluding ortho intramolecular Hbond substituents is 1. The minimum atomic E-state index is 0.181. The van der Waals surface area contributed by atoms with Crippen LogP contribution in [0.1, 0.15) is 6.92 Å². The Morgan fingerprint density at radius 2 is 1.92 bits per heavy atom. The molecular weight excluding hydrogens is 168 g/mol. The van der Waals surface area contributed by atoms with Crippen LogP contribution in [0.15, 0.2) is 24.3 Å². The van der Waals surface area contributed by atoms with Crippen LogP contribution in [0.5, 0.6) is 11.5 Å². The van der Waals surface area contributed by atoms with Gasteiger partial charge >= 0.3 is 0 Å². The van der Waals surface area contributed by atoms with Crippen LogP contribution in [0.4, 0.5) is 0 Å². The van der Waals surface area contributed by atoms with E-state index < -0.39 is 0 Å². The summed E-state index contributed by atoms with van der Waals surface area (Å²) < 4.78 is 4.79. The number of benzene rings is 1. The third kappa shape index (κ3) is 4.03. The molecule has 0 bridgehead atoms. The molecule has 65 valence electrons. The highest BCUT2D eigenvalue weighted by Crippen LogP contribution is 2.22. The van der Waals surface area contributed by atoms with Crippen molar-refractivity contribution in [3.8, 4) is 11.5 Å². The predicted octanol–water partition coefficient (Wildman–Crippen LogP) is 1.99. The molecule has 1 aromatic rings. The molecule has 2 nitrogen and oxygen atoms in total. The molecule has 0 aliphatic rings. The molecule has 1 N–H and O–H groups in total. The van der Waals surface area contributed by atoms with Gasteiger partial charge in [-0.15, -0.1) is 0 Å². The van der Waals surface area contributed by atoms with E-state index in [2.05, 4.69) is 10.2 Å². The van der Waals surface area contributed by atoms with Crippen molar-refractivity contribution in [3.05, 3.63) is 24.3 Å². The van der Waals surface area contributed by atoms with E-state index in [4.69, 9.17) is 9.84 Å². The second-order valence-electron chi connectivity index (χ2n) is 2.03. The van der Waals surface area contributed by atoms with E-state index in [1.807, 2.05) is 6.92 Å². The number of rotatable bonds is 1. The Bertz CT molecular complexity index is 213. The summed E-state index contributed by atoms with van der Waals surface area (Å²) in [5.74, 6) is 0.692. The Morgan fingerprint density at radius 3 is 2.25 bits per heavy atom. The fraction of sp³-hybridized carbons (Fsp3) is 0.333. The molecule has 0 aromatic heterocycles. The average molecular weight is 181 g/mol. The minimum absolute atomic E-state index is 0.181. The first-order valence-electron chi connectivity index (χ1n) is 3.72. The summed E-state index contributed by atoms with van der Waals surface area (Å²) in [7, 11) is 4.71. The van der Waals surface area contributed by atoms with E-state index in [0.29, 0.717) is 5.75 Å². The molecule has 12 heavy (non-hydrogen) atoms. The zero-order valence-corrected chi connectivity index (χ0v) is 8.37. The molecule has 0 saturated carbocycles. The van der Waals surface area contributed by atoms with Crippen LogP contribution in [-0.2, 0) is 0 Å². The van der Waals surface area contributed by atoms with Gasteiger partial charge in [0.05, 0.1) is 7.11 Å². The number of ether oxygens (including phenoxy) is 1. The average Bonchev–Trinajstić information content (AvgIpc) is 2.07. The maximum Gasteiger partial charge on any atom is 0.160 e. The maximum atomic E-state index is 8.99. The van der Waals surface area contributed by atoms with E-state index in [9.17, 15) is 0 Å². The van der Waals surface area contributed by atoms with Crippen molar-refractivity contribution in [2.75, 3.05) is 7.11 Å². The molecule has 0 heterocycles. The van der Waals surface area contributed by atoms with E-state index in [1.165, 1.54) is 7.11 Å². The van der Waals surface area contributed by atoms with Gasteiger partial charge in [-0.3, -0.25) is 0 Å². The lowest BCUT2D eigenvalue weighted by atomic mass is 10.3. The quantitative estimate of drug-likeness (QED) is 0.671. The molecular formula is C9H13O2Si. The number of para-hydroxylation sites is 2. The second-order valence-corrected chi connectivity index (χ2v) is 2.73. The first-order chi connectivity index (χ1) is 5.76. The van der Waals surface area contributed by atoms with Gasteiger partial charge in [0, 0.05) is 10.2 Å². The zero-order chi connectivity index (χ0) is 9.40. The van der Waals surface area contributed by atoms with Crippen LogP contribution < -0.4 is 4.74 Å². The van der Waals surface area contributed by atoms with Crippen LogP contribution >= 0.6 is 0 Å². The zero-order valence-electron chi connectivity index (χ0n) is 7.37. The SMILES string of the molecule is CC[Si].COc1ccccc1O. The molecule has 0 fully saturated rings. The number of phenols is 1. The van der Waals surface area contributed by atoms with Crippen molar-refractivity contribution < 1.29 is 9.84 Å². The first-order valence-corrected chi connectivity index (χ1v) is 4.43. The van der Waals surface area contributed by atoms with Gasteiger partial charge in [-0.1, -0.05) is 25.1 Å². The van der Waals surface area contributed by atoms with Crippen molar-refractivity contribution in [1.82, 2.24) is 0 Å². The van der Waals surface area contributed by atoms with Gasteiger partial charge in [0.15, 0.2) is 11.5 Å². The first kappa shape index (κ1) is 11.0. The number of hydrogen-bond acceptors (Lipinski definition) is 2. The smallest absolute Gasteiger partial charge is 0.160 e. The van der Waals surface area contributed by atoms with Gasteiger partial charge in [-0.05, 0) is 12.1 Å². The van der Waals surface area contributed by atoms with Crippen LogP contribution in [0.3, 0.4) is 0 Å². The normalized spacial score (nSPS) is 8.25. The third-order valence-corrected chi connectivity index (χ3v) is 1.09. The molecule has 3 radical (unpaired) electrons. The molecule has 1 rings (SSSR count). The predicted molar refractivity (Wildman–Crippen MR) is 50.9 cm³/mol. The van der Waals surface area contributed by atoms with Crippen molar-refractivity contribution >= 4 is 10.2 Å². The van der Waals surface area contributed by atoms with Gasteiger partial charge in [0.25, 0.3) is 0 Å². The highest BCUT2D eigenvalue weighted by molar-refractivity contribution is 6.08. The standard InChI is InChI=1S/C7H8O2.C2H5Si/c1-9-7-5-3-2-4-6(7)8;1-2-3/h2-5,8H,1H3;2H2,1H3. The molecule has 0 aliphatic carbocycles. The summed E-state index contributed by atoms with van der Waals surface area (Å²) in [4.78, 5) is 0. The van der Waals surface area contributed by atoms with Crippen LogP contribution in [-0.4, -0.2) is 22.5 Å². The lowest BCUT2D eigenvalue weighted by Gasteiger charge is -1.99. The van der Waals surface area contributed by atoms with Crippen molar-refractivity contribution in [2.24, 2.45) is 0 Å². The molecule has 0 amide bonds. The molecule has 0 spiro atoms. The van der Waals surface area contributed by atoms with E-state index in [1.54, 1.807) is 24.3 Å². The Hall–Kier alpha value is -0.963. The second kappa shape index (κ2) is 6.73. The highest BCUT2D eigenvalue weighted by atomic mass is 28.1. The van der Waals surface area contributed by atoms with Crippen molar-refractivity contribution in [2.45, 2.75) is 13.0 Å². The van der Waals surface area contributed by atoms with Gasteiger partial charge in [-0.25, -0.2) is 0 Å². The lowest BCUT2D eigenvalue weighted by molar-refractivity contribution is 0.373. The Kier molecular flexibility index (Phi) is 6.19. The molecule has 1 aromatic carbocycles. The number of aromatic hydroxyl groups is 1. The molecule has 0 aliphatic heterocycles. The Balaban J connectivity index is 0.000000354. The van der Waals surface area contributed by atoms with Crippen LogP contribution in [0.25, 0.3) is 0 Å². The van der Waals surface area contributed by atoms with E-state index in [0.717, 1.165) is 6.04 Å². The summed E-state index contributed by atoms with van der Waals surface area (Å²) in [6.07, 6.45) is 0. The maximum absolute atomic E-state index is 8.99. The largest absolute Gasteiger partial charge is 0.504 e. The summed E-state index contributed by atoms with van der Waals surface area (Å²) >= 11 is 0. The van der Waals surface area contributed by atoms with Gasteiger partial charge < -0.3 is 9.84 Å². The number of hydrogen-bond donors (Lipinski definition) is 1. The fourth-order valence-electron chi connectivity index (χ4n) is 0.630. The number of methoxy groups -OCH3 is 1. The molecule has 0 saturated heterocycles. The van der Waals surface area contributed by atoms with Crippen molar-refractivity contribution in [3.63, 3.8) is 0 Å². The van der Waals surface area contributed by atoms with Gasteiger partial charge in [-0.2, -0.15) is 0 Å². The molecule has 0 atom stereocenters. The van der Waals surface area contributed by atoms with Gasteiger partial charge in [0.1, 0.15) is 0 Å². The lowest BCUT2D eigenvalue weighted by Crippen LogP contribution is -1.80. The fourth-order valence-corrected chi connectivity index (χ4v) is 0.630. The minimum Gasteiger partial charge on any atom is -0.504 e. The monoisotopic (exact) mass is 181 g/mol. The molecule has 3 heteroatoms. The summed E-state index contributed by atoms with van der Waals surface area (Å²) in [5.41, 5.74) is 0. The Morgan fingerprint density at radius 1 is 1.42 bits per heavy atom. The van der Waals surface area contributed by atoms with Crippen LogP contribution in [0.2, 0.25) is 6.04 Å². The highest BCUT2D eigenvalue weighted by Gasteiger charge is 1.94. The molecule has 0 unspecified atom stereocenters. The topological polar surface area (TPSA) is 29.5 Å². The summed E-state index contributed by atoms with van der Waals surface area (Å²) in [6.45, 7) is 2.04. The van der Waals surface area contributed by atoms with E-state index in [-0.39, 0.29) is 5.75 Å². The Labute approximate surface area is 76.6 Å². The van der Waals surface area contributed by atoms with Crippen LogP contribution in [0, 0.1) is 0 Å². The van der Waals surface area contributed by atoms with Gasteiger partial charge in [0.2, 0.25) is 0 Å².